The Hall–Kier alpha value is -0.900. The highest BCUT2D eigenvalue weighted by Gasteiger charge is 2.14. The lowest BCUT2D eigenvalue weighted by Crippen LogP contribution is -1.95. The maximum absolute atomic E-state index is 9.30. The summed E-state index contributed by atoms with van der Waals surface area (Å²) < 4.78 is 0.651. The van der Waals surface area contributed by atoms with E-state index in [1.54, 1.807) is 0 Å². The maximum atomic E-state index is 9.30. The molecule has 0 heterocycles. The molecule has 4 heteroatoms. The Morgan fingerprint density at radius 1 is 1.38 bits per heavy atom. The molecule has 0 aliphatic heterocycles. The van der Waals surface area contributed by atoms with E-state index in [2.05, 4.69) is 15.9 Å². The molecule has 0 fully saturated rings. The summed E-state index contributed by atoms with van der Waals surface area (Å²) in [4.78, 5) is 0. The monoisotopic (exact) mass is 245 g/mol. The zero-order valence-corrected chi connectivity index (χ0v) is 9.09. The van der Waals surface area contributed by atoms with E-state index in [0.717, 1.165) is 5.56 Å². The molecule has 0 atom stereocenters. The normalized spacial score (nSPS) is 10.8. The topological polar surface area (TPSA) is 66.5 Å². The molecule has 0 amide bonds. The smallest absolute Gasteiger partial charge is 0.182 e. The molecule has 72 valence electrons. The number of phenols is 2. The number of rotatable bonds is 1. The standard InChI is InChI=1S/C9H12BrNO2/c1-4(2)5-3-6(12)9(13)8(11)7(5)10/h3-4,12-13H,11H2,1-2H3. The molecule has 0 saturated heterocycles. The zero-order valence-electron chi connectivity index (χ0n) is 7.50. The van der Waals surface area contributed by atoms with E-state index in [-0.39, 0.29) is 23.1 Å². The Morgan fingerprint density at radius 3 is 2.38 bits per heavy atom. The number of hydrogen-bond donors (Lipinski definition) is 3. The molecule has 0 saturated carbocycles. The van der Waals surface area contributed by atoms with Crippen molar-refractivity contribution >= 4 is 21.6 Å². The van der Waals surface area contributed by atoms with Crippen LogP contribution in [0.2, 0.25) is 0 Å². The van der Waals surface area contributed by atoms with Crippen LogP contribution in [0.15, 0.2) is 10.5 Å². The average Bonchev–Trinajstić information content (AvgIpc) is 2.07. The van der Waals surface area contributed by atoms with Gasteiger partial charge in [-0.25, -0.2) is 0 Å². The minimum atomic E-state index is -0.267. The van der Waals surface area contributed by atoms with Crippen LogP contribution in [0.25, 0.3) is 0 Å². The van der Waals surface area contributed by atoms with Crippen LogP contribution in [0.3, 0.4) is 0 Å². The van der Waals surface area contributed by atoms with Crippen molar-refractivity contribution in [2.75, 3.05) is 5.73 Å². The molecule has 0 aliphatic carbocycles. The molecule has 4 N–H and O–H groups in total. The highest BCUT2D eigenvalue weighted by Crippen LogP contribution is 2.41. The molecule has 1 aromatic rings. The highest BCUT2D eigenvalue weighted by atomic mass is 79.9. The predicted octanol–water partition coefficient (Wildman–Crippen LogP) is 2.57. The van der Waals surface area contributed by atoms with Crippen LogP contribution in [-0.4, -0.2) is 10.2 Å². The Kier molecular flexibility index (Phi) is 2.71. The lowest BCUT2D eigenvalue weighted by Gasteiger charge is -2.12. The quantitative estimate of drug-likeness (QED) is 0.527. The van der Waals surface area contributed by atoms with Crippen molar-refractivity contribution in [3.8, 4) is 11.5 Å². The molecule has 13 heavy (non-hydrogen) atoms. The maximum Gasteiger partial charge on any atom is 0.182 e. The molecule has 0 aliphatic rings. The second-order valence-electron chi connectivity index (χ2n) is 3.22. The molecule has 0 spiro atoms. The van der Waals surface area contributed by atoms with E-state index >= 15 is 0 Å². The van der Waals surface area contributed by atoms with E-state index in [4.69, 9.17) is 5.73 Å². The third-order valence-corrected chi connectivity index (χ3v) is 2.79. The SMILES string of the molecule is CC(C)c1cc(O)c(O)c(N)c1Br. The molecule has 1 aromatic carbocycles. The highest BCUT2D eigenvalue weighted by molar-refractivity contribution is 9.10. The van der Waals surface area contributed by atoms with E-state index < -0.39 is 0 Å². The summed E-state index contributed by atoms with van der Waals surface area (Å²) in [7, 11) is 0. The Morgan fingerprint density at radius 2 is 1.92 bits per heavy atom. The summed E-state index contributed by atoms with van der Waals surface area (Å²) in [6.45, 7) is 3.96. The number of aromatic hydroxyl groups is 2. The van der Waals surface area contributed by atoms with E-state index in [1.165, 1.54) is 6.07 Å². The number of phenolic OH excluding ortho intramolecular Hbond substituents is 2. The number of hydrogen-bond acceptors (Lipinski definition) is 3. The van der Waals surface area contributed by atoms with E-state index in [1.807, 2.05) is 13.8 Å². The molecular formula is C9H12BrNO2. The van der Waals surface area contributed by atoms with Crippen LogP contribution in [0, 0.1) is 0 Å². The summed E-state index contributed by atoms with van der Waals surface area (Å²) in [5, 5.41) is 18.6. The molecule has 0 unspecified atom stereocenters. The molecule has 0 radical (unpaired) electrons. The van der Waals surface area contributed by atoms with Gasteiger partial charge in [-0.1, -0.05) is 13.8 Å². The van der Waals surface area contributed by atoms with Crippen LogP contribution in [0.1, 0.15) is 25.3 Å². The fourth-order valence-electron chi connectivity index (χ4n) is 1.10. The molecule has 0 bridgehead atoms. The average molecular weight is 246 g/mol. The van der Waals surface area contributed by atoms with Crippen molar-refractivity contribution in [2.24, 2.45) is 0 Å². The third-order valence-electron chi connectivity index (χ3n) is 1.90. The Labute approximate surface area is 85.3 Å². The first-order valence-electron chi connectivity index (χ1n) is 3.95. The van der Waals surface area contributed by atoms with Gasteiger partial charge in [-0.15, -0.1) is 0 Å². The number of nitrogens with two attached hydrogens (primary N) is 1. The third kappa shape index (κ3) is 1.72. The number of nitrogen functional groups attached to an aromatic ring is 1. The van der Waals surface area contributed by atoms with Gasteiger partial charge in [0.15, 0.2) is 11.5 Å². The van der Waals surface area contributed by atoms with Crippen molar-refractivity contribution in [1.82, 2.24) is 0 Å². The molecular weight excluding hydrogens is 234 g/mol. The second kappa shape index (κ2) is 3.46. The van der Waals surface area contributed by atoms with Gasteiger partial charge < -0.3 is 15.9 Å². The van der Waals surface area contributed by atoms with Crippen LogP contribution in [0.4, 0.5) is 5.69 Å². The molecule has 0 aromatic heterocycles. The van der Waals surface area contributed by atoms with Crippen molar-refractivity contribution in [1.29, 1.82) is 0 Å². The zero-order chi connectivity index (χ0) is 10.2. The minimum absolute atomic E-state index is 0.176. The summed E-state index contributed by atoms with van der Waals surface area (Å²) in [6, 6.07) is 1.51. The summed E-state index contributed by atoms with van der Waals surface area (Å²) in [5.74, 6) is -0.205. The second-order valence-corrected chi connectivity index (χ2v) is 4.01. The Balaban J connectivity index is 3.41. The van der Waals surface area contributed by atoms with Gasteiger partial charge in [0, 0.05) is 4.47 Å². The Bertz CT molecular complexity index is 337. The van der Waals surface area contributed by atoms with E-state index in [9.17, 15) is 10.2 Å². The largest absolute Gasteiger partial charge is 0.504 e. The minimum Gasteiger partial charge on any atom is -0.504 e. The first kappa shape index (κ1) is 10.2. The molecule has 3 nitrogen and oxygen atoms in total. The van der Waals surface area contributed by atoms with Gasteiger partial charge >= 0.3 is 0 Å². The van der Waals surface area contributed by atoms with Gasteiger partial charge in [0.1, 0.15) is 0 Å². The van der Waals surface area contributed by atoms with Crippen molar-refractivity contribution in [2.45, 2.75) is 19.8 Å². The number of benzene rings is 1. The van der Waals surface area contributed by atoms with Crippen LogP contribution in [0.5, 0.6) is 11.5 Å². The van der Waals surface area contributed by atoms with Crippen LogP contribution < -0.4 is 5.73 Å². The fraction of sp³-hybridized carbons (Fsp3) is 0.333. The summed E-state index contributed by atoms with van der Waals surface area (Å²) in [5.41, 5.74) is 6.63. The summed E-state index contributed by atoms with van der Waals surface area (Å²) >= 11 is 3.27. The predicted molar refractivity (Wildman–Crippen MR) is 56.0 cm³/mol. The number of halogens is 1. The van der Waals surface area contributed by atoms with Crippen LogP contribution in [-0.2, 0) is 0 Å². The van der Waals surface area contributed by atoms with E-state index in [0.29, 0.717) is 4.47 Å². The van der Waals surface area contributed by atoms with Crippen molar-refractivity contribution in [3.05, 3.63) is 16.1 Å². The van der Waals surface area contributed by atoms with Gasteiger partial charge in [-0.2, -0.15) is 0 Å². The van der Waals surface area contributed by atoms with Crippen LogP contribution >= 0.6 is 15.9 Å². The number of anilines is 1. The van der Waals surface area contributed by atoms with Gasteiger partial charge in [0.25, 0.3) is 0 Å². The summed E-state index contributed by atoms with van der Waals surface area (Å²) in [6.07, 6.45) is 0. The first-order valence-corrected chi connectivity index (χ1v) is 4.74. The molecule has 1 rings (SSSR count). The van der Waals surface area contributed by atoms with Gasteiger partial charge in [-0.05, 0) is 33.5 Å². The van der Waals surface area contributed by atoms with Gasteiger partial charge in [0.05, 0.1) is 5.69 Å². The lowest BCUT2D eigenvalue weighted by molar-refractivity contribution is 0.404. The van der Waals surface area contributed by atoms with Crippen molar-refractivity contribution in [3.63, 3.8) is 0 Å². The lowest BCUT2D eigenvalue weighted by atomic mass is 10.0. The van der Waals surface area contributed by atoms with Crippen molar-refractivity contribution < 1.29 is 10.2 Å². The fourth-order valence-corrected chi connectivity index (χ4v) is 1.86. The van der Waals surface area contributed by atoms with Gasteiger partial charge in [0.2, 0.25) is 0 Å². The van der Waals surface area contributed by atoms with Gasteiger partial charge in [-0.3, -0.25) is 0 Å². The first-order chi connectivity index (χ1) is 5.95.